The molecule has 3 rings (SSSR count). The maximum atomic E-state index is 10.9. The fraction of sp³-hybridized carbons (Fsp3) is 0.200. The zero-order valence-electron chi connectivity index (χ0n) is 16.5. The Morgan fingerprint density at radius 1 is 0.966 bits per heavy atom. The number of nitrogens with zero attached hydrogens (tertiary/aromatic N) is 5. The van der Waals surface area contributed by atoms with Crippen LogP contribution in [0.1, 0.15) is 16.7 Å². The predicted octanol–water partition coefficient (Wildman–Crippen LogP) is 6.09. The standard InChI is InChI=1S/C20H20N6O3/c1-10-9-16(23-22-4)18(21)17-14(10)8-12(3)19(20(17)27)25-24-15-6-5-13(26(28)29)7-11(15)2/h5-9,27H,21H2,1-4H3. The van der Waals surface area contributed by atoms with Gasteiger partial charge < -0.3 is 10.8 Å². The van der Waals surface area contributed by atoms with E-state index in [0.29, 0.717) is 33.6 Å². The number of benzene rings is 3. The molecule has 0 bridgehead atoms. The minimum atomic E-state index is -0.469. The lowest BCUT2D eigenvalue weighted by Crippen LogP contribution is -1.92. The largest absolute Gasteiger partial charge is 0.505 e. The van der Waals surface area contributed by atoms with Gasteiger partial charge in [-0.3, -0.25) is 10.1 Å². The molecule has 148 valence electrons. The third-order valence-electron chi connectivity index (χ3n) is 4.64. The molecule has 0 aromatic heterocycles. The Balaban J connectivity index is 2.16. The van der Waals surface area contributed by atoms with E-state index >= 15 is 0 Å². The number of aryl methyl sites for hydroxylation is 3. The molecule has 0 aliphatic heterocycles. The second-order valence-corrected chi connectivity index (χ2v) is 6.67. The number of azo groups is 2. The number of nitro groups is 1. The van der Waals surface area contributed by atoms with Crippen LogP contribution in [0.25, 0.3) is 10.8 Å². The molecule has 0 amide bonds. The number of phenols is 1. The molecule has 3 N–H and O–H groups in total. The van der Waals surface area contributed by atoms with Gasteiger partial charge in [0.1, 0.15) is 11.4 Å². The summed E-state index contributed by atoms with van der Waals surface area (Å²) in [5.74, 6) is -0.0999. The first-order chi connectivity index (χ1) is 13.7. The number of nitrogens with two attached hydrogens (primary N) is 1. The number of hydrogen-bond donors (Lipinski definition) is 2. The van der Waals surface area contributed by atoms with Gasteiger partial charge in [0.15, 0.2) is 5.75 Å². The van der Waals surface area contributed by atoms with Crippen LogP contribution in [-0.2, 0) is 0 Å². The number of phenolic OH excluding ortho intramolecular Hbond substituents is 1. The van der Waals surface area contributed by atoms with Crippen molar-refractivity contribution in [3.05, 3.63) is 57.1 Å². The summed E-state index contributed by atoms with van der Waals surface area (Å²) in [7, 11) is 1.54. The first-order valence-corrected chi connectivity index (χ1v) is 8.76. The smallest absolute Gasteiger partial charge is 0.269 e. The number of non-ortho nitro benzene ring substituents is 1. The lowest BCUT2D eigenvalue weighted by molar-refractivity contribution is -0.384. The maximum Gasteiger partial charge on any atom is 0.269 e. The van der Waals surface area contributed by atoms with Crippen LogP contribution in [0.4, 0.5) is 28.4 Å². The molecule has 0 spiro atoms. The van der Waals surface area contributed by atoms with Gasteiger partial charge >= 0.3 is 0 Å². The van der Waals surface area contributed by atoms with Gasteiger partial charge in [-0.2, -0.15) is 15.3 Å². The molecule has 0 radical (unpaired) electrons. The molecule has 0 unspecified atom stereocenters. The minimum absolute atomic E-state index is 0.0213. The molecule has 0 fully saturated rings. The highest BCUT2D eigenvalue weighted by molar-refractivity contribution is 6.06. The molecular formula is C20H20N6O3. The molecule has 3 aromatic carbocycles. The molecule has 0 atom stereocenters. The summed E-state index contributed by atoms with van der Waals surface area (Å²) < 4.78 is 0. The van der Waals surface area contributed by atoms with E-state index in [9.17, 15) is 15.2 Å². The van der Waals surface area contributed by atoms with Gasteiger partial charge in [-0.05, 0) is 61.0 Å². The van der Waals surface area contributed by atoms with Crippen molar-refractivity contribution in [2.75, 3.05) is 12.8 Å². The van der Waals surface area contributed by atoms with Crippen LogP contribution >= 0.6 is 0 Å². The molecule has 0 saturated heterocycles. The van der Waals surface area contributed by atoms with Crippen molar-refractivity contribution in [3.63, 3.8) is 0 Å². The summed E-state index contributed by atoms with van der Waals surface area (Å²) in [6.45, 7) is 5.42. The molecule has 0 heterocycles. The molecule has 0 aliphatic rings. The summed E-state index contributed by atoms with van der Waals surface area (Å²) >= 11 is 0. The zero-order chi connectivity index (χ0) is 21.3. The molecule has 0 aliphatic carbocycles. The van der Waals surface area contributed by atoms with Crippen LogP contribution in [0.3, 0.4) is 0 Å². The predicted molar refractivity (Wildman–Crippen MR) is 112 cm³/mol. The number of nitro benzene ring substituents is 1. The number of aromatic hydroxyl groups is 1. The van der Waals surface area contributed by atoms with Gasteiger partial charge in [0, 0.05) is 19.2 Å². The normalized spacial score (nSPS) is 11.7. The first-order valence-electron chi connectivity index (χ1n) is 8.76. The number of anilines is 1. The minimum Gasteiger partial charge on any atom is -0.505 e. The Morgan fingerprint density at radius 3 is 2.31 bits per heavy atom. The molecule has 0 saturated carbocycles. The number of nitrogen functional groups attached to an aromatic ring is 1. The van der Waals surface area contributed by atoms with Crippen molar-refractivity contribution in [2.24, 2.45) is 20.5 Å². The Hall–Kier alpha value is -3.88. The SMILES string of the molecule is CN=Nc1cc(C)c2cc(C)c(N=Nc3ccc([N+](=O)[O-])cc3C)c(O)c2c1N. The van der Waals surface area contributed by atoms with Crippen molar-refractivity contribution in [1.29, 1.82) is 0 Å². The Kier molecular flexibility index (Phi) is 5.22. The van der Waals surface area contributed by atoms with Gasteiger partial charge in [-0.25, -0.2) is 0 Å². The summed E-state index contributed by atoms with van der Waals surface area (Å²) in [6, 6.07) is 7.99. The Labute approximate surface area is 166 Å². The summed E-state index contributed by atoms with van der Waals surface area (Å²) in [5, 5.41) is 39.2. The van der Waals surface area contributed by atoms with Crippen molar-refractivity contribution in [2.45, 2.75) is 20.8 Å². The molecular weight excluding hydrogens is 372 g/mol. The van der Waals surface area contributed by atoms with Gasteiger partial charge in [0.2, 0.25) is 0 Å². The van der Waals surface area contributed by atoms with E-state index in [1.54, 1.807) is 14.0 Å². The number of fused-ring (bicyclic) bond motifs is 1. The summed E-state index contributed by atoms with van der Waals surface area (Å²) in [4.78, 5) is 10.4. The highest BCUT2D eigenvalue weighted by Crippen LogP contribution is 2.45. The van der Waals surface area contributed by atoms with E-state index in [1.165, 1.54) is 18.2 Å². The van der Waals surface area contributed by atoms with E-state index in [2.05, 4.69) is 20.5 Å². The van der Waals surface area contributed by atoms with Crippen molar-refractivity contribution >= 4 is 39.2 Å². The molecule has 9 heteroatoms. The fourth-order valence-corrected chi connectivity index (χ4v) is 3.15. The van der Waals surface area contributed by atoms with Crippen molar-refractivity contribution in [1.82, 2.24) is 0 Å². The third kappa shape index (κ3) is 3.62. The highest BCUT2D eigenvalue weighted by atomic mass is 16.6. The summed E-state index contributed by atoms with van der Waals surface area (Å²) in [6.07, 6.45) is 0. The highest BCUT2D eigenvalue weighted by Gasteiger charge is 2.17. The van der Waals surface area contributed by atoms with Crippen LogP contribution in [0, 0.1) is 30.9 Å². The van der Waals surface area contributed by atoms with Crippen LogP contribution in [0.15, 0.2) is 50.8 Å². The fourth-order valence-electron chi connectivity index (χ4n) is 3.15. The number of hydrogen-bond acceptors (Lipinski definition) is 8. The van der Waals surface area contributed by atoms with Gasteiger partial charge in [0.25, 0.3) is 5.69 Å². The van der Waals surface area contributed by atoms with E-state index in [0.717, 1.165) is 10.9 Å². The van der Waals surface area contributed by atoms with Crippen LogP contribution in [0.5, 0.6) is 5.75 Å². The monoisotopic (exact) mass is 392 g/mol. The van der Waals surface area contributed by atoms with Gasteiger partial charge in [0.05, 0.1) is 21.7 Å². The van der Waals surface area contributed by atoms with Gasteiger partial charge in [-0.1, -0.05) is 0 Å². The molecule has 29 heavy (non-hydrogen) atoms. The summed E-state index contributed by atoms with van der Waals surface area (Å²) in [5.41, 5.74) is 9.91. The number of rotatable bonds is 4. The quantitative estimate of drug-likeness (QED) is 0.240. The Morgan fingerprint density at radius 2 is 1.69 bits per heavy atom. The Bertz CT molecular complexity index is 1200. The lowest BCUT2D eigenvalue weighted by Gasteiger charge is -2.13. The molecule has 9 nitrogen and oxygen atoms in total. The second-order valence-electron chi connectivity index (χ2n) is 6.67. The van der Waals surface area contributed by atoms with Crippen molar-refractivity contribution in [3.8, 4) is 5.75 Å². The van der Waals surface area contributed by atoms with Crippen LogP contribution < -0.4 is 5.73 Å². The van der Waals surface area contributed by atoms with Crippen LogP contribution in [-0.4, -0.2) is 17.1 Å². The average Bonchev–Trinajstić information content (AvgIpc) is 2.66. The zero-order valence-corrected chi connectivity index (χ0v) is 16.5. The van der Waals surface area contributed by atoms with Crippen LogP contribution in [0.2, 0.25) is 0 Å². The third-order valence-corrected chi connectivity index (χ3v) is 4.64. The first kappa shape index (κ1) is 19.9. The van der Waals surface area contributed by atoms with Crippen molar-refractivity contribution < 1.29 is 10.0 Å². The topological polar surface area (TPSA) is 139 Å². The van der Waals surface area contributed by atoms with E-state index in [-0.39, 0.29) is 17.1 Å². The van der Waals surface area contributed by atoms with Gasteiger partial charge in [-0.15, -0.1) is 5.11 Å². The second kappa shape index (κ2) is 7.63. The van der Waals surface area contributed by atoms with E-state index in [1.807, 2.05) is 26.0 Å². The lowest BCUT2D eigenvalue weighted by atomic mass is 9.98. The van der Waals surface area contributed by atoms with E-state index < -0.39 is 4.92 Å². The maximum absolute atomic E-state index is 10.9. The molecule has 3 aromatic rings. The van der Waals surface area contributed by atoms with E-state index in [4.69, 9.17) is 5.73 Å². The average molecular weight is 392 g/mol.